The smallest absolute Gasteiger partial charge is 0.224 e. The van der Waals surface area contributed by atoms with Gasteiger partial charge in [0.15, 0.2) is 5.78 Å². The van der Waals surface area contributed by atoms with Crippen molar-refractivity contribution in [3.63, 3.8) is 0 Å². The molecule has 1 amide bonds. The molecule has 6 heteroatoms. The number of nitrogen functional groups attached to an aromatic ring is 1. The van der Waals surface area contributed by atoms with Gasteiger partial charge < -0.3 is 11.1 Å². The van der Waals surface area contributed by atoms with Crippen molar-refractivity contribution < 1.29 is 9.59 Å². The SMILES string of the molecule is Cc1cc(C(=O)CCC(=O)Nc2cc(N)ccc2C)c(C)s1.Cl. The molecule has 4 nitrogen and oxygen atoms in total. The van der Waals surface area contributed by atoms with E-state index in [2.05, 4.69) is 5.32 Å². The summed E-state index contributed by atoms with van der Waals surface area (Å²) in [6, 6.07) is 7.26. The van der Waals surface area contributed by atoms with Gasteiger partial charge in [0.1, 0.15) is 0 Å². The van der Waals surface area contributed by atoms with Crippen molar-refractivity contribution >= 4 is 46.8 Å². The molecule has 1 heterocycles. The van der Waals surface area contributed by atoms with E-state index in [9.17, 15) is 9.59 Å². The molecule has 0 saturated heterocycles. The highest BCUT2D eigenvalue weighted by molar-refractivity contribution is 7.12. The van der Waals surface area contributed by atoms with Crippen LogP contribution in [0.1, 0.15) is 38.5 Å². The highest BCUT2D eigenvalue weighted by Gasteiger charge is 2.14. The fourth-order valence-corrected chi connectivity index (χ4v) is 3.20. The molecule has 2 aromatic rings. The van der Waals surface area contributed by atoms with Gasteiger partial charge in [0.05, 0.1) is 0 Å². The number of hydrogen-bond acceptors (Lipinski definition) is 4. The number of carbonyl (C=O) groups is 2. The van der Waals surface area contributed by atoms with Crippen molar-refractivity contribution in [1.82, 2.24) is 0 Å². The first-order valence-corrected chi connectivity index (χ1v) is 7.94. The summed E-state index contributed by atoms with van der Waals surface area (Å²) in [5.41, 5.74) is 8.68. The van der Waals surface area contributed by atoms with E-state index in [4.69, 9.17) is 5.73 Å². The van der Waals surface area contributed by atoms with Crippen LogP contribution in [0, 0.1) is 20.8 Å². The standard InChI is InChI=1S/C17H20N2O2S.ClH/c1-10-4-5-13(18)9-15(10)19-17(21)7-6-16(20)14-8-11(2)22-12(14)3;/h4-5,8-9H,6-7,18H2,1-3H3,(H,19,21);1H. The Morgan fingerprint density at radius 3 is 2.43 bits per heavy atom. The third-order valence-electron chi connectivity index (χ3n) is 3.46. The van der Waals surface area contributed by atoms with Crippen LogP contribution in [0.3, 0.4) is 0 Å². The van der Waals surface area contributed by atoms with E-state index < -0.39 is 0 Å². The van der Waals surface area contributed by atoms with Crippen molar-refractivity contribution in [3.8, 4) is 0 Å². The molecule has 0 aliphatic heterocycles. The molecule has 1 aromatic carbocycles. The number of carbonyl (C=O) groups excluding carboxylic acids is 2. The molecule has 23 heavy (non-hydrogen) atoms. The van der Waals surface area contributed by atoms with Gasteiger partial charge in [0, 0.05) is 39.5 Å². The molecule has 3 N–H and O–H groups in total. The first-order chi connectivity index (χ1) is 10.4. The van der Waals surface area contributed by atoms with E-state index in [0.717, 1.165) is 20.9 Å². The average molecular weight is 353 g/mol. The van der Waals surface area contributed by atoms with Gasteiger partial charge in [-0.2, -0.15) is 0 Å². The van der Waals surface area contributed by atoms with Gasteiger partial charge >= 0.3 is 0 Å². The number of aryl methyl sites for hydroxylation is 3. The van der Waals surface area contributed by atoms with Crippen molar-refractivity contribution in [2.24, 2.45) is 0 Å². The number of Topliss-reactive ketones (excluding diaryl/α,β-unsaturated/α-hetero) is 1. The van der Waals surface area contributed by atoms with E-state index in [1.165, 1.54) is 0 Å². The molecule has 0 radical (unpaired) electrons. The van der Waals surface area contributed by atoms with Gasteiger partial charge in [0.25, 0.3) is 0 Å². The molecule has 1 aromatic heterocycles. The minimum Gasteiger partial charge on any atom is -0.399 e. The van der Waals surface area contributed by atoms with Crippen LogP contribution in [0.5, 0.6) is 0 Å². The van der Waals surface area contributed by atoms with Crippen molar-refractivity contribution in [2.75, 3.05) is 11.1 Å². The maximum absolute atomic E-state index is 12.2. The van der Waals surface area contributed by atoms with Crippen molar-refractivity contribution in [2.45, 2.75) is 33.6 Å². The average Bonchev–Trinajstić information content (AvgIpc) is 2.79. The molecular formula is C17H21ClN2O2S. The van der Waals surface area contributed by atoms with Crippen LogP contribution in [0.2, 0.25) is 0 Å². The molecule has 124 valence electrons. The molecule has 0 bridgehead atoms. The zero-order chi connectivity index (χ0) is 16.3. The summed E-state index contributed by atoms with van der Waals surface area (Å²) in [7, 11) is 0. The number of amides is 1. The zero-order valence-corrected chi connectivity index (χ0v) is 15.1. The summed E-state index contributed by atoms with van der Waals surface area (Å²) in [6.45, 7) is 5.81. The predicted octanol–water partition coefficient (Wildman–Crippen LogP) is 4.28. The van der Waals surface area contributed by atoms with Crippen LogP contribution in [0.15, 0.2) is 24.3 Å². The summed E-state index contributed by atoms with van der Waals surface area (Å²) in [5, 5.41) is 2.81. The largest absolute Gasteiger partial charge is 0.399 e. The number of hydrogen-bond donors (Lipinski definition) is 2. The van der Waals surface area contributed by atoms with Gasteiger partial charge in [-0.15, -0.1) is 23.7 Å². The summed E-state index contributed by atoms with van der Waals surface area (Å²) in [6.07, 6.45) is 0.381. The summed E-state index contributed by atoms with van der Waals surface area (Å²) < 4.78 is 0. The van der Waals surface area contributed by atoms with Crippen LogP contribution in [-0.4, -0.2) is 11.7 Å². The van der Waals surface area contributed by atoms with Crippen LogP contribution in [0.25, 0.3) is 0 Å². The number of rotatable bonds is 5. The first-order valence-electron chi connectivity index (χ1n) is 7.13. The number of ketones is 1. The van der Waals surface area contributed by atoms with Crippen molar-refractivity contribution in [1.29, 1.82) is 0 Å². The fraction of sp³-hybridized carbons (Fsp3) is 0.294. The van der Waals surface area contributed by atoms with Gasteiger partial charge in [-0.3, -0.25) is 9.59 Å². The number of anilines is 2. The molecule has 0 atom stereocenters. The van der Waals surface area contributed by atoms with E-state index in [-0.39, 0.29) is 36.9 Å². The van der Waals surface area contributed by atoms with Gasteiger partial charge in [0.2, 0.25) is 5.91 Å². The number of benzene rings is 1. The Balaban J connectivity index is 0.00000264. The summed E-state index contributed by atoms with van der Waals surface area (Å²) >= 11 is 1.60. The second-order valence-electron chi connectivity index (χ2n) is 5.37. The number of nitrogens with two attached hydrogens (primary N) is 1. The Kier molecular flexibility index (Phi) is 6.79. The van der Waals surface area contributed by atoms with Gasteiger partial charge in [-0.1, -0.05) is 6.07 Å². The van der Waals surface area contributed by atoms with E-state index >= 15 is 0 Å². The Bertz CT molecular complexity index is 725. The monoisotopic (exact) mass is 352 g/mol. The number of nitrogens with one attached hydrogen (secondary N) is 1. The lowest BCUT2D eigenvalue weighted by Crippen LogP contribution is -2.14. The van der Waals surface area contributed by atoms with Crippen LogP contribution >= 0.6 is 23.7 Å². The maximum atomic E-state index is 12.2. The van der Waals surface area contributed by atoms with E-state index in [1.807, 2.05) is 32.9 Å². The van der Waals surface area contributed by atoms with Crippen LogP contribution < -0.4 is 11.1 Å². The lowest BCUT2D eigenvalue weighted by Gasteiger charge is -2.09. The molecule has 0 unspecified atom stereocenters. The highest BCUT2D eigenvalue weighted by atomic mass is 35.5. The molecule has 0 aliphatic carbocycles. The van der Waals surface area contributed by atoms with Crippen LogP contribution in [-0.2, 0) is 4.79 Å². The third kappa shape index (κ3) is 5.08. The Labute approximate surface area is 146 Å². The summed E-state index contributed by atoms with van der Waals surface area (Å²) in [4.78, 5) is 26.3. The zero-order valence-electron chi connectivity index (χ0n) is 13.4. The lowest BCUT2D eigenvalue weighted by atomic mass is 10.1. The number of halogens is 1. The fourth-order valence-electron chi connectivity index (χ4n) is 2.26. The molecular weight excluding hydrogens is 332 g/mol. The Morgan fingerprint density at radius 1 is 1.13 bits per heavy atom. The Hall–Kier alpha value is -1.85. The molecule has 2 rings (SSSR count). The number of thiophene rings is 1. The molecule has 0 spiro atoms. The van der Waals surface area contributed by atoms with Gasteiger partial charge in [-0.05, 0) is 44.5 Å². The highest BCUT2D eigenvalue weighted by Crippen LogP contribution is 2.23. The normalized spacial score (nSPS) is 10.0. The second-order valence-corrected chi connectivity index (χ2v) is 6.83. The second kappa shape index (κ2) is 8.13. The quantitative estimate of drug-likeness (QED) is 0.623. The van der Waals surface area contributed by atoms with Gasteiger partial charge in [-0.25, -0.2) is 0 Å². The van der Waals surface area contributed by atoms with E-state index in [0.29, 0.717) is 11.4 Å². The minimum absolute atomic E-state index is 0. The summed E-state index contributed by atoms with van der Waals surface area (Å²) in [5.74, 6) is -0.159. The topological polar surface area (TPSA) is 72.2 Å². The maximum Gasteiger partial charge on any atom is 0.224 e. The lowest BCUT2D eigenvalue weighted by molar-refractivity contribution is -0.116. The molecule has 0 saturated carbocycles. The third-order valence-corrected chi connectivity index (χ3v) is 4.42. The van der Waals surface area contributed by atoms with Crippen molar-refractivity contribution in [3.05, 3.63) is 45.1 Å². The van der Waals surface area contributed by atoms with Crippen LogP contribution in [0.4, 0.5) is 11.4 Å². The van der Waals surface area contributed by atoms with E-state index in [1.54, 1.807) is 23.5 Å². The minimum atomic E-state index is -0.174. The Morgan fingerprint density at radius 2 is 1.83 bits per heavy atom. The first kappa shape index (κ1) is 19.2. The predicted molar refractivity (Wildman–Crippen MR) is 98.8 cm³/mol. The molecule has 0 fully saturated rings. The molecule has 0 aliphatic rings.